The predicted molar refractivity (Wildman–Crippen MR) is 150 cm³/mol. The number of hydrogen-bond donors (Lipinski definition) is 0. The molecule has 0 spiro atoms. The van der Waals surface area contributed by atoms with Crippen molar-refractivity contribution in [2.45, 2.75) is 43.6 Å². The molecule has 0 amide bonds. The molecule has 39 heavy (non-hydrogen) atoms. The van der Waals surface area contributed by atoms with Crippen LogP contribution in [0, 0.1) is 0 Å². The number of ether oxygens (including phenoxy) is 4. The lowest BCUT2D eigenvalue weighted by atomic mass is 9.72. The molecular formula is C32H37NO6. The zero-order chi connectivity index (χ0) is 27.8. The summed E-state index contributed by atoms with van der Waals surface area (Å²) in [6.45, 7) is 0.709. The van der Waals surface area contributed by atoms with Crippen LogP contribution in [0.3, 0.4) is 0 Å². The molecule has 1 unspecified atom stereocenters. The highest BCUT2D eigenvalue weighted by atomic mass is 16.6. The molecule has 0 aromatic heterocycles. The van der Waals surface area contributed by atoms with Gasteiger partial charge in [-0.15, -0.1) is 0 Å². The molecule has 1 saturated carbocycles. The molecule has 206 valence electrons. The van der Waals surface area contributed by atoms with E-state index in [2.05, 4.69) is 4.90 Å². The maximum atomic E-state index is 13.3. The number of rotatable bonds is 10. The van der Waals surface area contributed by atoms with Gasteiger partial charge in [-0.2, -0.15) is 0 Å². The summed E-state index contributed by atoms with van der Waals surface area (Å²) >= 11 is 0. The fourth-order valence-corrected chi connectivity index (χ4v) is 5.24. The summed E-state index contributed by atoms with van der Waals surface area (Å²) < 4.78 is 22.4. The maximum absolute atomic E-state index is 13.3. The van der Waals surface area contributed by atoms with E-state index in [0.717, 1.165) is 37.7 Å². The number of carbonyl (C=O) groups is 2. The van der Waals surface area contributed by atoms with E-state index in [1.807, 2.05) is 26.2 Å². The molecule has 7 heteroatoms. The number of methoxy groups -OCH3 is 2. The van der Waals surface area contributed by atoms with Crippen molar-refractivity contribution in [1.29, 1.82) is 0 Å². The topological polar surface area (TPSA) is 74.3 Å². The van der Waals surface area contributed by atoms with Crippen molar-refractivity contribution in [3.8, 4) is 17.2 Å². The van der Waals surface area contributed by atoms with E-state index in [9.17, 15) is 9.59 Å². The van der Waals surface area contributed by atoms with Crippen molar-refractivity contribution in [2.75, 3.05) is 34.9 Å². The second-order valence-corrected chi connectivity index (χ2v) is 10.2. The fraction of sp³-hybridized carbons (Fsp3) is 0.375. The Labute approximate surface area is 230 Å². The van der Waals surface area contributed by atoms with Crippen molar-refractivity contribution in [1.82, 2.24) is 4.90 Å². The van der Waals surface area contributed by atoms with E-state index in [1.165, 1.54) is 0 Å². The molecule has 3 aromatic carbocycles. The first kappa shape index (κ1) is 28.2. The predicted octanol–water partition coefficient (Wildman–Crippen LogP) is 6.13. The van der Waals surface area contributed by atoms with Crippen molar-refractivity contribution in [2.24, 2.45) is 0 Å². The summed E-state index contributed by atoms with van der Waals surface area (Å²) in [5, 5.41) is 0. The molecule has 1 atom stereocenters. The molecule has 0 radical (unpaired) electrons. The first-order chi connectivity index (χ1) is 18.8. The third-order valence-electron chi connectivity index (χ3n) is 7.32. The zero-order valence-electron chi connectivity index (χ0n) is 23.1. The molecule has 1 fully saturated rings. The summed E-state index contributed by atoms with van der Waals surface area (Å²) in [4.78, 5) is 28.1. The van der Waals surface area contributed by atoms with Gasteiger partial charge in [-0.25, -0.2) is 9.59 Å². The molecule has 0 saturated heterocycles. The van der Waals surface area contributed by atoms with Gasteiger partial charge in [0, 0.05) is 12.5 Å². The summed E-state index contributed by atoms with van der Waals surface area (Å²) in [7, 11) is 7.23. The van der Waals surface area contributed by atoms with Crippen molar-refractivity contribution >= 4 is 11.9 Å². The quantitative estimate of drug-likeness (QED) is 0.230. The highest BCUT2D eigenvalue weighted by Gasteiger charge is 2.44. The third-order valence-corrected chi connectivity index (χ3v) is 7.32. The van der Waals surface area contributed by atoms with Crippen molar-refractivity contribution in [3.05, 3.63) is 89.5 Å². The smallest absolute Gasteiger partial charge is 0.343 e. The molecule has 1 aliphatic carbocycles. The minimum absolute atomic E-state index is 0.0543. The van der Waals surface area contributed by atoms with Crippen LogP contribution in [-0.2, 0) is 4.74 Å². The highest BCUT2D eigenvalue weighted by Crippen LogP contribution is 2.44. The lowest BCUT2D eigenvalue weighted by Crippen LogP contribution is -2.46. The standard InChI is InChI=1S/C32H37NO6/c1-33(2)22-29(23-8-18-28(19-9-23)38-30(34)24-10-14-26(36-3)15-11-24)32(20-6-5-7-21-32)39-31(35)25-12-16-27(37-4)17-13-25/h8-19,29H,5-7,20-22H2,1-4H3. The Kier molecular flexibility index (Phi) is 9.25. The zero-order valence-corrected chi connectivity index (χ0v) is 23.1. The van der Waals surface area contributed by atoms with Gasteiger partial charge in [0.25, 0.3) is 0 Å². The van der Waals surface area contributed by atoms with Crippen LogP contribution in [0.1, 0.15) is 64.3 Å². The van der Waals surface area contributed by atoms with Gasteiger partial charge >= 0.3 is 11.9 Å². The number of benzene rings is 3. The monoisotopic (exact) mass is 531 g/mol. The maximum Gasteiger partial charge on any atom is 0.343 e. The molecule has 0 bridgehead atoms. The normalized spacial score (nSPS) is 15.3. The van der Waals surface area contributed by atoms with Crippen LogP contribution in [0.5, 0.6) is 17.2 Å². The number of carbonyl (C=O) groups excluding carboxylic acids is 2. The average Bonchev–Trinajstić information content (AvgIpc) is 2.97. The second kappa shape index (κ2) is 12.8. The van der Waals surface area contributed by atoms with Gasteiger partial charge in [-0.3, -0.25) is 0 Å². The summed E-state index contributed by atoms with van der Waals surface area (Å²) in [6, 6.07) is 21.4. The molecular weight excluding hydrogens is 494 g/mol. The van der Waals surface area contributed by atoms with E-state index in [-0.39, 0.29) is 11.9 Å². The van der Waals surface area contributed by atoms with E-state index in [4.69, 9.17) is 18.9 Å². The van der Waals surface area contributed by atoms with Gasteiger partial charge in [-0.05, 0) is 106 Å². The highest BCUT2D eigenvalue weighted by molar-refractivity contribution is 5.91. The van der Waals surface area contributed by atoms with Crippen LogP contribution >= 0.6 is 0 Å². The first-order valence-corrected chi connectivity index (χ1v) is 13.3. The lowest BCUT2D eigenvalue weighted by molar-refractivity contribution is -0.0575. The number of esters is 2. The number of hydrogen-bond acceptors (Lipinski definition) is 7. The van der Waals surface area contributed by atoms with Gasteiger partial charge in [0.05, 0.1) is 25.3 Å². The van der Waals surface area contributed by atoms with Crippen molar-refractivity contribution < 1.29 is 28.5 Å². The molecule has 3 aromatic rings. The fourth-order valence-electron chi connectivity index (χ4n) is 5.24. The van der Waals surface area contributed by atoms with Crippen LogP contribution in [-0.4, -0.2) is 57.3 Å². The molecule has 0 aliphatic heterocycles. The Bertz CT molecular complexity index is 1230. The van der Waals surface area contributed by atoms with Crippen LogP contribution in [0.2, 0.25) is 0 Å². The van der Waals surface area contributed by atoms with Gasteiger partial charge in [-0.1, -0.05) is 18.6 Å². The Morgan fingerprint density at radius 1 is 0.718 bits per heavy atom. The van der Waals surface area contributed by atoms with Crippen LogP contribution in [0.25, 0.3) is 0 Å². The number of likely N-dealkylation sites (N-methyl/N-ethyl adjacent to an activating group) is 1. The molecule has 1 aliphatic rings. The molecule has 0 N–H and O–H groups in total. The van der Waals surface area contributed by atoms with Gasteiger partial charge < -0.3 is 23.8 Å². The van der Waals surface area contributed by atoms with E-state index in [0.29, 0.717) is 34.9 Å². The second-order valence-electron chi connectivity index (χ2n) is 10.2. The van der Waals surface area contributed by atoms with E-state index in [1.54, 1.807) is 74.9 Å². The lowest BCUT2D eigenvalue weighted by Gasteiger charge is -2.44. The average molecular weight is 532 g/mol. The first-order valence-electron chi connectivity index (χ1n) is 13.3. The third kappa shape index (κ3) is 6.98. The molecule has 7 nitrogen and oxygen atoms in total. The Morgan fingerprint density at radius 2 is 1.21 bits per heavy atom. The Hall–Kier alpha value is -3.84. The molecule has 0 heterocycles. The van der Waals surface area contributed by atoms with Gasteiger partial charge in [0.15, 0.2) is 0 Å². The molecule has 4 rings (SSSR count). The summed E-state index contributed by atoms with van der Waals surface area (Å²) in [6.07, 6.45) is 4.70. The minimum Gasteiger partial charge on any atom is -0.497 e. The Morgan fingerprint density at radius 3 is 1.69 bits per heavy atom. The Balaban J connectivity index is 1.56. The van der Waals surface area contributed by atoms with Crippen molar-refractivity contribution in [3.63, 3.8) is 0 Å². The SMILES string of the molecule is COc1ccc(C(=O)Oc2ccc(C(CN(C)C)C3(OC(=O)c4ccc(OC)cc4)CCCCC3)cc2)cc1. The van der Waals surface area contributed by atoms with Crippen LogP contribution in [0.4, 0.5) is 0 Å². The van der Waals surface area contributed by atoms with Crippen LogP contribution < -0.4 is 14.2 Å². The van der Waals surface area contributed by atoms with Gasteiger partial charge in [0.2, 0.25) is 0 Å². The largest absolute Gasteiger partial charge is 0.497 e. The summed E-state index contributed by atoms with van der Waals surface area (Å²) in [5.41, 5.74) is 1.35. The summed E-state index contributed by atoms with van der Waals surface area (Å²) in [5.74, 6) is 1.00. The minimum atomic E-state index is -0.638. The number of nitrogens with zero attached hydrogens (tertiary/aromatic N) is 1. The van der Waals surface area contributed by atoms with E-state index >= 15 is 0 Å². The van der Waals surface area contributed by atoms with E-state index < -0.39 is 11.6 Å². The van der Waals surface area contributed by atoms with Gasteiger partial charge in [0.1, 0.15) is 22.8 Å². The van der Waals surface area contributed by atoms with Crippen LogP contribution in [0.15, 0.2) is 72.8 Å².